The zero-order valence-electron chi connectivity index (χ0n) is 11.2. The lowest BCUT2D eigenvalue weighted by Gasteiger charge is -2.10. The number of nitrogens with zero attached hydrogens (tertiary/aromatic N) is 5. The van der Waals surface area contributed by atoms with Crippen LogP contribution in [0.2, 0.25) is 0 Å². The molecule has 0 aliphatic carbocycles. The summed E-state index contributed by atoms with van der Waals surface area (Å²) < 4.78 is 2.93. The van der Waals surface area contributed by atoms with E-state index in [1.54, 1.807) is 17.0 Å². The van der Waals surface area contributed by atoms with Crippen molar-refractivity contribution in [1.82, 2.24) is 24.3 Å². The Morgan fingerprint density at radius 3 is 2.75 bits per heavy atom. The van der Waals surface area contributed by atoms with Gasteiger partial charge in [-0.2, -0.15) is 9.78 Å². The lowest BCUT2D eigenvalue weighted by molar-refractivity contribution is 0.799. The zero-order valence-corrected chi connectivity index (χ0v) is 11.2. The minimum atomic E-state index is -0.232. The van der Waals surface area contributed by atoms with Gasteiger partial charge in [0.05, 0.1) is 5.69 Å². The lowest BCUT2D eigenvalue weighted by Crippen LogP contribution is -2.24. The summed E-state index contributed by atoms with van der Waals surface area (Å²) >= 11 is 0. The van der Waals surface area contributed by atoms with Crippen LogP contribution >= 0.6 is 0 Å². The molecule has 0 N–H and O–H groups in total. The van der Waals surface area contributed by atoms with Crippen LogP contribution in [0, 0.1) is 13.8 Å². The Hall–Kier alpha value is -2.76. The van der Waals surface area contributed by atoms with Crippen LogP contribution in [-0.2, 0) is 0 Å². The van der Waals surface area contributed by atoms with Gasteiger partial charge in [0.1, 0.15) is 12.7 Å². The smallest absolute Gasteiger partial charge is 0.279 e. The number of aromatic nitrogens is 5. The van der Waals surface area contributed by atoms with Gasteiger partial charge in [0.15, 0.2) is 0 Å². The van der Waals surface area contributed by atoms with E-state index >= 15 is 0 Å². The second-order valence-corrected chi connectivity index (χ2v) is 4.56. The molecule has 0 atom stereocenters. The first-order chi connectivity index (χ1) is 9.66. The van der Waals surface area contributed by atoms with E-state index in [0.29, 0.717) is 0 Å². The monoisotopic (exact) mass is 267 g/mol. The summed E-state index contributed by atoms with van der Waals surface area (Å²) in [7, 11) is 0. The Kier molecular flexibility index (Phi) is 2.90. The number of aryl methyl sites for hydroxylation is 2. The number of rotatable bonds is 2. The summed E-state index contributed by atoms with van der Waals surface area (Å²) in [4.78, 5) is 20.4. The van der Waals surface area contributed by atoms with E-state index < -0.39 is 0 Å². The third-order valence-corrected chi connectivity index (χ3v) is 3.07. The summed E-state index contributed by atoms with van der Waals surface area (Å²) in [6, 6.07) is 5.94. The Bertz CT molecular complexity index is 805. The first kappa shape index (κ1) is 12.3. The van der Waals surface area contributed by atoms with E-state index in [1.165, 1.54) is 17.3 Å². The molecule has 0 fully saturated rings. The zero-order chi connectivity index (χ0) is 14.1. The van der Waals surface area contributed by atoms with Crippen LogP contribution in [-0.4, -0.2) is 24.3 Å². The molecule has 6 nitrogen and oxygen atoms in total. The maximum atomic E-state index is 12.5. The van der Waals surface area contributed by atoms with Crippen molar-refractivity contribution in [3.8, 4) is 11.5 Å². The SMILES string of the molecule is Cc1ccc(-n2ccnc(-n3cncn3)c2=O)c(C)c1. The molecule has 0 radical (unpaired) electrons. The lowest BCUT2D eigenvalue weighted by atomic mass is 10.1. The number of benzene rings is 1. The topological polar surface area (TPSA) is 65.6 Å². The van der Waals surface area contributed by atoms with Gasteiger partial charge in [-0.1, -0.05) is 17.7 Å². The van der Waals surface area contributed by atoms with E-state index in [9.17, 15) is 4.79 Å². The van der Waals surface area contributed by atoms with Gasteiger partial charge in [-0.05, 0) is 25.5 Å². The molecule has 2 aromatic heterocycles. The molecule has 0 bridgehead atoms. The molecule has 0 saturated heterocycles. The molecule has 2 heterocycles. The molecular formula is C14H13N5O. The third-order valence-electron chi connectivity index (χ3n) is 3.07. The number of hydrogen-bond donors (Lipinski definition) is 0. The fourth-order valence-electron chi connectivity index (χ4n) is 2.14. The molecule has 3 aromatic rings. The van der Waals surface area contributed by atoms with Gasteiger partial charge < -0.3 is 0 Å². The molecule has 0 amide bonds. The fourth-order valence-corrected chi connectivity index (χ4v) is 2.14. The molecule has 6 heteroatoms. The van der Waals surface area contributed by atoms with Crippen LogP contribution in [0.5, 0.6) is 0 Å². The molecule has 0 aliphatic rings. The van der Waals surface area contributed by atoms with Crippen molar-refractivity contribution in [3.63, 3.8) is 0 Å². The summed E-state index contributed by atoms with van der Waals surface area (Å²) in [6.45, 7) is 4.00. The van der Waals surface area contributed by atoms with Crippen molar-refractivity contribution in [3.05, 3.63) is 64.7 Å². The predicted molar refractivity (Wildman–Crippen MR) is 74.2 cm³/mol. The van der Waals surface area contributed by atoms with Crippen molar-refractivity contribution in [2.45, 2.75) is 13.8 Å². The van der Waals surface area contributed by atoms with Gasteiger partial charge in [-0.3, -0.25) is 9.36 Å². The molecular weight excluding hydrogens is 254 g/mol. The minimum absolute atomic E-state index is 0.227. The van der Waals surface area contributed by atoms with Crippen molar-refractivity contribution < 1.29 is 0 Å². The molecule has 0 unspecified atom stereocenters. The van der Waals surface area contributed by atoms with E-state index in [0.717, 1.165) is 16.8 Å². The average molecular weight is 267 g/mol. The van der Waals surface area contributed by atoms with Crippen molar-refractivity contribution >= 4 is 0 Å². The van der Waals surface area contributed by atoms with Gasteiger partial charge in [0.2, 0.25) is 5.82 Å². The Morgan fingerprint density at radius 1 is 1.20 bits per heavy atom. The van der Waals surface area contributed by atoms with E-state index in [-0.39, 0.29) is 11.4 Å². The second-order valence-electron chi connectivity index (χ2n) is 4.56. The Labute approximate surface area is 115 Å². The van der Waals surface area contributed by atoms with Crippen LogP contribution in [0.4, 0.5) is 0 Å². The molecule has 0 saturated carbocycles. The molecule has 1 aromatic carbocycles. The highest BCUT2D eigenvalue weighted by molar-refractivity contribution is 5.43. The van der Waals surface area contributed by atoms with Crippen LogP contribution in [0.3, 0.4) is 0 Å². The maximum absolute atomic E-state index is 12.5. The van der Waals surface area contributed by atoms with Crippen molar-refractivity contribution in [1.29, 1.82) is 0 Å². The summed E-state index contributed by atoms with van der Waals surface area (Å²) in [5.41, 5.74) is 2.79. The molecule has 0 aliphatic heterocycles. The average Bonchev–Trinajstić information content (AvgIpc) is 2.94. The molecule has 3 rings (SSSR count). The number of hydrogen-bond acceptors (Lipinski definition) is 4. The highest BCUT2D eigenvalue weighted by atomic mass is 16.1. The van der Waals surface area contributed by atoms with Crippen molar-refractivity contribution in [2.75, 3.05) is 0 Å². The van der Waals surface area contributed by atoms with Crippen molar-refractivity contribution in [2.24, 2.45) is 0 Å². The van der Waals surface area contributed by atoms with Crippen LogP contribution < -0.4 is 5.56 Å². The molecule has 100 valence electrons. The largest absolute Gasteiger partial charge is 0.300 e. The Morgan fingerprint density at radius 2 is 2.05 bits per heavy atom. The third kappa shape index (κ3) is 2.01. The maximum Gasteiger partial charge on any atom is 0.300 e. The standard InChI is InChI=1S/C14H13N5O/c1-10-3-4-12(11(2)7-10)18-6-5-16-13(14(18)20)19-9-15-8-17-19/h3-9H,1-2H3. The van der Waals surface area contributed by atoms with Crippen LogP contribution in [0.1, 0.15) is 11.1 Å². The van der Waals surface area contributed by atoms with Gasteiger partial charge in [-0.25, -0.2) is 9.97 Å². The predicted octanol–water partition coefficient (Wildman–Crippen LogP) is 1.43. The fraction of sp³-hybridized carbons (Fsp3) is 0.143. The van der Waals surface area contributed by atoms with Crippen LogP contribution in [0.15, 0.2) is 48.0 Å². The van der Waals surface area contributed by atoms with E-state index in [4.69, 9.17) is 0 Å². The minimum Gasteiger partial charge on any atom is -0.279 e. The highest BCUT2D eigenvalue weighted by Crippen LogP contribution is 2.13. The molecule has 20 heavy (non-hydrogen) atoms. The second kappa shape index (κ2) is 4.73. The Balaban J connectivity index is 2.21. The summed E-state index contributed by atoms with van der Waals surface area (Å²) in [5, 5.41) is 3.95. The highest BCUT2D eigenvalue weighted by Gasteiger charge is 2.10. The summed E-state index contributed by atoms with van der Waals surface area (Å²) in [6.07, 6.45) is 6.06. The van der Waals surface area contributed by atoms with Gasteiger partial charge >= 0.3 is 0 Å². The quantitative estimate of drug-likeness (QED) is 0.704. The summed E-state index contributed by atoms with van der Waals surface area (Å²) in [5.74, 6) is 0.227. The first-order valence-corrected chi connectivity index (χ1v) is 6.17. The first-order valence-electron chi connectivity index (χ1n) is 6.17. The van der Waals surface area contributed by atoms with E-state index in [2.05, 4.69) is 15.1 Å². The van der Waals surface area contributed by atoms with Gasteiger partial charge in [-0.15, -0.1) is 0 Å². The normalized spacial score (nSPS) is 10.7. The van der Waals surface area contributed by atoms with E-state index in [1.807, 2.05) is 32.0 Å². The van der Waals surface area contributed by atoms with Gasteiger partial charge in [0.25, 0.3) is 5.56 Å². The molecule has 0 spiro atoms. The van der Waals surface area contributed by atoms with Gasteiger partial charge in [0, 0.05) is 12.4 Å². The van der Waals surface area contributed by atoms with Crippen LogP contribution in [0.25, 0.3) is 11.5 Å².